The predicted octanol–water partition coefficient (Wildman–Crippen LogP) is 5.16. The van der Waals surface area contributed by atoms with Crippen molar-refractivity contribution >= 4 is 56.5 Å². The Bertz CT molecular complexity index is 1260. The molecule has 0 unspecified atom stereocenters. The average molecular weight is 495 g/mol. The van der Waals surface area contributed by atoms with Gasteiger partial charge in [-0.1, -0.05) is 29.3 Å². The van der Waals surface area contributed by atoms with Gasteiger partial charge in [0.25, 0.3) is 15.7 Å². The van der Waals surface area contributed by atoms with E-state index in [1.165, 1.54) is 37.6 Å². The number of benzene rings is 3. The zero-order valence-electron chi connectivity index (χ0n) is 16.5. The van der Waals surface area contributed by atoms with Gasteiger partial charge >= 0.3 is 0 Å². The molecule has 0 amide bonds. The molecular formula is C20H16Cl2N4O5S. The Morgan fingerprint density at radius 2 is 1.72 bits per heavy atom. The van der Waals surface area contributed by atoms with Crippen LogP contribution in [0.4, 0.5) is 17.1 Å². The number of hydrazone groups is 1. The number of rotatable bonds is 8. The fraction of sp³-hybridized carbons (Fsp3) is 0.0500. The Morgan fingerprint density at radius 1 is 1.06 bits per heavy atom. The van der Waals surface area contributed by atoms with Crippen LogP contribution in [-0.2, 0) is 10.0 Å². The minimum Gasteiger partial charge on any atom is -0.497 e. The van der Waals surface area contributed by atoms with Gasteiger partial charge in [-0.15, -0.1) is 0 Å². The van der Waals surface area contributed by atoms with Gasteiger partial charge in [-0.05, 0) is 48.5 Å². The molecule has 0 heterocycles. The van der Waals surface area contributed by atoms with E-state index in [4.69, 9.17) is 27.9 Å². The van der Waals surface area contributed by atoms with Crippen LogP contribution in [0.25, 0.3) is 0 Å². The van der Waals surface area contributed by atoms with Crippen molar-refractivity contribution in [1.29, 1.82) is 0 Å². The van der Waals surface area contributed by atoms with Crippen molar-refractivity contribution in [2.75, 3.05) is 17.3 Å². The maximum absolute atomic E-state index is 12.7. The van der Waals surface area contributed by atoms with Gasteiger partial charge in [0.1, 0.15) is 11.4 Å². The Balaban J connectivity index is 1.85. The van der Waals surface area contributed by atoms with E-state index in [1.807, 2.05) is 0 Å². The summed E-state index contributed by atoms with van der Waals surface area (Å²) >= 11 is 12.1. The van der Waals surface area contributed by atoms with E-state index in [2.05, 4.69) is 15.2 Å². The number of sulfonamides is 1. The van der Waals surface area contributed by atoms with E-state index in [0.29, 0.717) is 21.4 Å². The van der Waals surface area contributed by atoms with Crippen molar-refractivity contribution < 1.29 is 18.1 Å². The third kappa shape index (κ3) is 5.47. The number of nitro benzene ring substituents is 1. The van der Waals surface area contributed by atoms with Crippen LogP contribution in [0.1, 0.15) is 5.56 Å². The van der Waals surface area contributed by atoms with Gasteiger partial charge in [0.2, 0.25) is 0 Å². The molecule has 0 aliphatic carbocycles. The summed E-state index contributed by atoms with van der Waals surface area (Å²) in [6.07, 6.45) is 1.31. The Morgan fingerprint density at radius 3 is 2.31 bits per heavy atom. The summed E-state index contributed by atoms with van der Waals surface area (Å²) in [5.41, 5.74) is 2.72. The van der Waals surface area contributed by atoms with Crippen LogP contribution >= 0.6 is 23.2 Å². The highest BCUT2D eigenvalue weighted by Crippen LogP contribution is 2.29. The molecule has 3 rings (SSSR count). The van der Waals surface area contributed by atoms with Gasteiger partial charge in [0.05, 0.1) is 33.2 Å². The number of nitrogens with zero attached hydrogens (tertiary/aromatic N) is 2. The summed E-state index contributed by atoms with van der Waals surface area (Å²) in [6.45, 7) is 0. The first-order valence-corrected chi connectivity index (χ1v) is 11.1. The first-order chi connectivity index (χ1) is 15.2. The van der Waals surface area contributed by atoms with Crippen LogP contribution in [0.15, 0.2) is 70.7 Å². The monoisotopic (exact) mass is 494 g/mol. The van der Waals surface area contributed by atoms with E-state index < -0.39 is 20.6 Å². The minimum absolute atomic E-state index is 0.0159. The molecule has 3 aromatic rings. The van der Waals surface area contributed by atoms with E-state index in [1.54, 1.807) is 30.3 Å². The number of hydrogen-bond donors (Lipinski definition) is 2. The molecular weight excluding hydrogens is 479 g/mol. The van der Waals surface area contributed by atoms with E-state index in [9.17, 15) is 18.5 Å². The highest BCUT2D eigenvalue weighted by molar-refractivity contribution is 7.92. The molecule has 0 aliphatic heterocycles. The maximum Gasteiger partial charge on any atom is 0.295 e. The van der Waals surface area contributed by atoms with Gasteiger partial charge in [-0.2, -0.15) is 5.10 Å². The molecule has 3 aromatic carbocycles. The van der Waals surface area contributed by atoms with Crippen LogP contribution < -0.4 is 14.9 Å². The largest absolute Gasteiger partial charge is 0.497 e. The van der Waals surface area contributed by atoms with Gasteiger partial charge in [-0.25, -0.2) is 8.42 Å². The topological polar surface area (TPSA) is 123 Å². The molecule has 0 aliphatic rings. The standard InChI is InChI=1S/C20H16Cl2N4O5S/c1-31-14-7-5-13(6-8-14)25-32(29,30)15-9-10-19(20(11-15)26(27)28)24-23-12-16-17(21)3-2-4-18(16)22/h2-12,24-25H,1H3/b23-12-. The highest BCUT2D eigenvalue weighted by atomic mass is 35.5. The summed E-state index contributed by atoms with van der Waals surface area (Å²) in [7, 11) is -2.59. The minimum atomic E-state index is -4.08. The van der Waals surface area contributed by atoms with Crippen LogP contribution in [0.3, 0.4) is 0 Å². The first-order valence-electron chi connectivity index (χ1n) is 8.89. The van der Waals surface area contributed by atoms with Gasteiger partial charge in [0, 0.05) is 17.3 Å². The molecule has 12 heteroatoms. The zero-order chi connectivity index (χ0) is 23.3. The molecule has 0 bridgehead atoms. The molecule has 32 heavy (non-hydrogen) atoms. The molecule has 0 saturated carbocycles. The summed E-state index contributed by atoms with van der Waals surface area (Å²) in [5.74, 6) is 0.553. The molecule has 0 radical (unpaired) electrons. The summed E-state index contributed by atoms with van der Waals surface area (Å²) in [5, 5.41) is 16.1. The number of hydrogen-bond acceptors (Lipinski definition) is 7. The molecule has 0 fully saturated rings. The SMILES string of the molecule is COc1ccc(NS(=O)(=O)c2ccc(N/N=C\c3c(Cl)cccc3Cl)c([N+](=O)[O-])c2)cc1. The van der Waals surface area contributed by atoms with Crippen LogP contribution in [0.5, 0.6) is 5.75 Å². The zero-order valence-corrected chi connectivity index (χ0v) is 18.8. The second kappa shape index (κ2) is 9.86. The lowest BCUT2D eigenvalue weighted by molar-refractivity contribution is -0.384. The summed E-state index contributed by atoms with van der Waals surface area (Å²) < 4.78 is 32.7. The van der Waals surface area contributed by atoms with Crippen molar-refractivity contribution in [2.45, 2.75) is 4.90 Å². The number of methoxy groups -OCH3 is 1. The molecule has 2 N–H and O–H groups in total. The lowest BCUT2D eigenvalue weighted by Gasteiger charge is -2.10. The second-order valence-electron chi connectivity index (χ2n) is 6.28. The van der Waals surface area contributed by atoms with Crippen LogP contribution in [-0.4, -0.2) is 26.7 Å². The average Bonchev–Trinajstić information content (AvgIpc) is 2.76. The fourth-order valence-corrected chi connectivity index (χ4v) is 4.17. The van der Waals surface area contributed by atoms with Gasteiger partial charge in [-0.3, -0.25) is 20.3 Å². The summed E-state index contributed by atoms with van der Waals surface area (Å²) in [6, 6.07) is 14.5. The number of anilines is 2. The number of nitrogens with one attached hydrogen (secondary N) is 2. The Labute approximate surface area is 193 Å². The quantitative estimate of drug-likeness (QED) is 0.253. The molecule has 0 atom stereocenters. The predicted molar refractivity (Wildman–Crippen MR) is 125 cm³/mol. The molecule has 0 saturated heterocycles. The van der Waals surface area contributed by atoms with Crippen molar-refractivity contribution in [3.8, 4) is 5.75 Å². The van der Waals surface area contributed by atoms with Crippen molar-refractivity contribution in [3.05, 3.63) is 86.4 Å². The third-order valence-corrected chi connectivity index (χ3v) is 6.23. The second-order valence-corrected chi connectivity index (χ2v) is 8.77. The lowest BCUT2D eigenvalue weighted by Crippen LogP contribution is -2.13. The highest BCUT2D eigenvalue weighted by Gasteiger charge is 2.21. The lowest BCUT2D eigenvalue weighted by atomic mass is 10.2. The van der Waals surface area contributed by atoms with Crippen LogP contribution in [0.2, 0.25) is 10.0 Å². The molecule has 0 spiro atoms. The number of ether oxygens (including phenoxy) is 1. The Hall–Kier alpha value is -3.34. The number of nitro groups is 1. The van der Waals surface area contributed by atoms with Crippen molar-refractivity contribution in [1.82, 2.24) is 0 Å². The van der Waals surface area contributed by atoms with E-state index in [-0.39, 0.29) is 16.3 Å². The number of halogens is 2. The molecule has 166 valence electrons. The smallest absolute Gasteiger partial charge is 0.295 e. The maximum atomic E-state index is 12.7. The van der Waals surface area contributed by atoms with E-state index >= 15 is 0 Å². The van der Waals surface area contributed by atoms with Crippen molar-refractivity contribution in [3.63, 3.8) is 0 Å². The normalized spacial score (nSPS) is 11.3. The fourth-order valence-electron chi connectivity index (χ4n) is 2.60. The van der Waals surface area contributed by atoms with Crippen molar-refractivity contribution in [2.24, 2.45) is 5.10 Å². The molecule has 9 nitrogen and oxygen atoms in total. The van der Waals surface area contributed by atoms with E-state index in [0.717, 1.165) is 6.07 Å². The Kier molecular flexibility index (Phi) is 7.18. The van der Waals surface area contributed by atoms with Gasteiger partial charge < -0.3 is 4.74 Å². The van der Waals surface area contributed by atoms with Crippen LogP contribution in [0, 0.1) is 10.1 Å². The van der Waals surface area contributed by atoms with Gasteiger partial charge in [0.15, 0.2) is 0 Å². The first kappa shape index (κ1) is 23.3. The summed E-state index contributed by atoms with van der Waals surface area (Å²) in [4.78, 5) is 10.5. The molecule has 0 aromatic heterocycles. The third-order valence-electron chi connectivity index (χ3n) is 4.20.